The fraction of sp³-hybridized carbons (Fsp3) is 0.207. The van der Waals surface area contributed by atoms with E-state index in [2.05, 4.69) is 15.4 Å². The molecule has 0 amide bonds. The first-order valence-electron chi connectivity index (χ1n) is 12.0. The summed E-state index contributed by atoms with van der Waals surface area (Å²) in [6.07, 6.45) is 3.49. The maximum absolute atomic E-state index is 11.8. The second-order valence-corrected chi connectivity index (χ2v) is 8.05. The Morgan fingerprint density at radius 3 is 2.51 bits per heavy atom. The molecule has 0 unspecified atom stereocenters. The number of carbonyl (C=O) groups excluding carboxylic acids is 1. The summed E-state index contributed by atoms with van der Waals surface area (Å²) < 4.78 is 16.7. The number of hydrogen-bond acceptors (Lipinski definition) is 8. The summed E-state index contributed by atoms with van der Waals surface area (Å²) in [7, 11) is 0. The highest BCUT2D eigenvalue weighted by Gasteiger charge is 2.12. The number of aromatic nitrogens is 2. The molecule has 8 nitrogen and oxygen atoms in total. The van der Waals surface area contributed by atoms with E-state index in [1.807, 2.05) is 79.7 Å². The Hall–Kier alpha value is -4.43. The van der Waals surface area contributed by atoms with Gasteiger partial charge in [0.1, 0.15) is 23.8 Å². The fourth-order valence-electron chi connectivity index (χ4n) is 3.42. The van der Waals surface area contributed by atoms with Crippen LogP contribution in [0.1, 0.15) is 36.1 Å². The van der Waals surface area contributed by atoms with Crippen LogP contribution in [0.5, 0.6) is 5.75 Å². The Kier molecular flexibility index (Phi) is 9.04. The number of rotatable bonds is 12. The number of pyridine rings is 1. The molecule has 2 heterocycles. The van der Waals surface area contributed by atoms with Crippen molar-refractivity contribution >= 4 is 11.7 Å². The molecule has 2 aromatic heterocycles. The second kappa shape index (κ2) is 13.0. The number of hydroxylamine groups is 1. The van der Waals surface area contributed by atoms with Gasteiger partial charge >= 0.3 is 5.97 Å². The number of benzene rings is 2. The predicted octanol–water partition coefficient (Wildman–Crippen LogP) is 5.64. The number of oxazole rings is 1. The maximum Gasteiger partial charge on any atom is 0.309 e. The summed E-state index contributed by atoms with van der Waals surface area (Å²) in [5.41, 5.74) is 6.78. The van der Waals surface area contributed by atoms with Crippen LogP contribution in [0.3, 0.4) is 0 Å². The van der Waals surface area contributed by atoms with Crippen molar-refractivity contribution in [3.05, 3.63) is 108 Å². The lowest BCUT2D eigenvalue weighted by Crippen LogP contribution is -2.15. The van der Waals surface area contributed by atoms with Crippen molar-refractivity contribution in [3.8, 4) is 17.2 Å². The Morgan fingerprint density at radius 1 is 1.00 bits per heavy atom. The molecule has 0 aliphatic carbocycles. The van der Waals surface area contributed by atoms with E-state index in [-0.39, 0.29) is 12.4 Å². The molecule has 37 heavy (non-hydrogen) atoms. The van der Waals surface area contributed by atoms with Gasteiger partial charge in [0.2, 0.25) is 5.89 Å². The van der Waals surface area contributed by atoms with Crippen molar-refractivity contribution in [2.24, 2.45) is 0 Å². The van der Waals surface area contributed by atoms with Crippen LogP contribution in [0.25, 0.3) is 17.2 Å². The number of nitrogens with one attached hydrogen (secondary N) is 1. The Labute approximate surface area is 215 Å². The molecular weight excluding hydrogens is 470 g/mol. The molecule has 190 valence electrons. The van der Waals surface area contributed by atoms with Crippen molar-refractivity contribution in [1.29, 1.82) is 0 Å². The van der Waals surface area contributed by atoms with E-state index in [4.69, 9.17) is 18.7 Å². The molecule has 0 aliphatic heterocycles. The number of aryl methyl sites for hydroxylation is 1. The molecule has 0 spiro atoms. The zero-order valence-electron chi connectivity index (χ0n) is 20.8. The molecule has 2 aromatic carbocycles. The van der Waals surface area contributed by atoms with E-state index in [0.717, 1.165) is 22.6 Å². The first kappa shape index (κ1) is 25.7. The predicted molar refractivity (Wildman–Crippen MR) is 139 cm³/mol. The minimum absolute atomic E-state index is 0.111. The molecule has 4 aromatic rings. The average Bonchev–Trinajstić information content (AvgIpc) is 3.31. The summed E-state index contributed by atoms with van der Waals surface area (Å²) in [6.45, 7) is 4.59. The fourth-order valence-corrected chi connectivity index (χ4v) is 3.42. The van der Waals surface area contributed by atoms with Gasteiger partial charge < -0.3 is 13.9 Å². The number of nitrogens with zero attached hydrogens (tertiary/aromatic N) is 2. The highest BCUT2D eigenvalue weighted by Crippen LogP contribution is 2.23. The molecule has 0 aliphatic rings. The van der Waals surface area contributed by atoms with Gasteiger partial charge in [-0.25, -0.2) is 4.98 Å². The van der Waals surface area contributed by atoms with Gasteiger partial charge in [0.15, 0.2) is 0 Å². The molecular formula is C29H29N3O5. The summed E-state index contributed by atoms with van der Waals surface area (Å²) in [4.78, 5) is 26.3. The van der Waals surface area contributed by atoms with E-state index in [0.29, 0.717) is 42.9 Å². The number of ether oxygens (including phenoxy) is 2. The topological polar surface area (TPSA) is 95.7 Å². The first-order valence-corrected chi connectivity index (χ1v) is 12.0. The van der Waals surface area contributed by atoms with Crippen LogP contribution in [0, 0.1) is 6.92 Å². The minimum Gasteiger partial charge on any atom is -0.487 e. The SMILES string of the molecule is CCOC(=O)CC=C(NOCc1ccc(OCc2nc(-c3ccccc3)oc2C)cc1)c1ccccn1. The quantitative estimate of drug-likeness (QED) is 0.198. The third-order valence-electron chi connectivity index (χ3n) is 5.35. The molecule has 0 bridgehead atoms. The van der Waals surface area contributed by atoms with E-state index >= 15 is 0 Å². The molecule has 4 rings (SSSR count). The summed E-state index contributed by atoms with van der Waals surface area (Å²) in [5.74, 6) is 1.71. The van der Waals surface area contributed by atoms with Gasteiger partial charge in [-0.1, -0.05) is 36.4 Å². The second-order valence-electron chi connectivity index (χ2n) is 8.05. The van der Waals surface area contributed by atoms with Crippen LogP contribution in [0.4, 0.5) is 0 Å². The van der Waals surface area contributed by atoms with Gasteiger partial charge in [0.05, 0.1) is 31.0 Å². The standard InChI is InChI=1S/C29H29N3O5/c1-3-34-28(33)17-16-26(25-11-7-8-18-30-25)32-36-19-22-12-14-24(15-13-22)35-20-27-21(2)37-29(31-27)23-9-5-4-6-10-23/h4-16,18,32H,3,17,19-20H2,1-2H3. The highest BCUT2D eigenvalue weighted by molar-refractivity contribution is 5.74. The van der Waals surface area contributed by atoms with Crippen LogP contribution in [-0.4, -0.2) is 22.5 Å². The van der Waals surface area contributed by atoms with Crippen LogP contribution < -0.4 is 10.2 Å². The number of hydrogen-bond donors (Lipinski definition) is 1. The highest BCUT2D eigenvalue weighted by atomic mass is 16.6. The molecule has 0 saturated carbocycles. The molecule has 0 atom stereocenters. The Balaban J connectivity index is 1.30. The van der Waals surface area contributed by atoms with E-state index in [1.165, 1.54) is 0 Å². The Morgan fingerprint density at radius 2 is 1.78 bits per heavy atom. The van der Waals surface area contributed by atoms with Gasteiger partial charge in [-0.2, -0.15) is 0 Å². The normalized spacial score (nSPS) is 11.2. The van der Waals surface area contributed by atoms with Crippen LogP contribution in [0.2, 0.25) is 0 Å². The van der Waals surface area contributed by atoms with Crippen molar-refractivity contribution in [1.82, 2.24) is 15.4 Å². The zero-order valence-corrected chi connectivity index (χ0v) is 20.8. The van der Waals surface area contributed by atoms with Gasteiger partial charge in [0, 0.05) is 11.8 Å². The molecule has 0 saturated heterocycles. The first-order chi connectivity index (χ1) is 18.1. The lowest BCUT2D eigenvalue weighted by atomic mass is 10.2. The molecule has 1 N–H and O–H groups in total. The van der Waals surface area contributed by atoms with Gasteiger partial charge in [-0.05, 0) is 61.9 Å². The number of esters is 1. The van der Waals surface area contributed by atoms with E-state index < -0.39 is 0 Å². The Bertz CT molecular complexity index is 1300. The van der Waals surface area contributed by atoms with Crippen molar-refractivity contribution < 1.29 is 23.5 Å². The minimum atomic E-state index is -0.314. The third kappa shape index (κ3) is 7.52. The lowest BCUT2D eigenvalue weighted by Gasteiger charge is -2.11. The number of carbonyl (C=O) groups is 1. The van der Waals surface area contributed by atoms with Crippen LogP contribution in [0.15, 0.2) is 89.5 Å². The van der Waals surface area contributed by atoms with Gasteiger partial charge in [-0.3, -0.25) is 20.1 Å². The average molecular weight is 500 g/mol. The van der Waals surface area contributed by atoms with Crippen LogP contribution in [-0.2, 0) is 27.6 Å². The monoisotopic (exact) mass is 499 g/mol. The summed E-state index contributed by atoms with van der Waals surface area (Å²) >= 11 is 0. The third-order valence-corrected chi connectivity index (χ3v) is 5.35. The summed E-state index contributed by atoms with van der Waals surface area (Å²) in [5, 5.41) is 0. The lowest BCUT2D eigenvalue weighted by molar-refractivity contribution is -0.142. The largest absolute Gasteiger partial charge is 0.487 e. The molecule has 0 fully saturated rings. The molecule has 8 heteroatoms. The van der Waals surface area contributed by atoms with Gasteiger partial charge in [-0.15, -0.1) is 0 Å². The zero-order chi connectivity index (χ0) is 25.9. The van der Waals surface area contributed by atoms with Crippen LogP contribution >= 0.6 is 0 Å². The van der Waals surface area contributed by atoms with E-state index in [1.54, 1.807) is 19.2 Å². The maximum atomic E-state index is 11.8. The van der Waals surface area contributed by atoms with Crippen molar-refractivity contribution in [3.63, 3.8) is 0 Å². The van der Waals surface area contributed by atoms with Crippen molar-refractivity contribution in [2.75, 3.05) is 6.61 Å². The van der Waals surface area contributed by atoms with Crippen molar-refractivity contribution in [2.45, 2.75) is 33.5 Å². The summed E-state index contributed by atoms with van der Waals surface area (Å²) in [6, 6.07) is 22.9. The van der Waals surface area contributed by atoms with Gasteiger partial charge in [0.25, 0.3) is 0 Å². The molecule has 0 radical (unpaired) electrons. The van der Waals surface area contributed by atoms with E-state index in [9.17, 15) is 4.79 Å². The smallest absolute Gasteiger partial charge is 0.309 e.